The summed E-state index contributed by atoms with van der Waals surface area (Å²) < 4.78 is 26.8. The Bertz CT molecular complexity index is 599. The molecule has 1 aromatic rings. The second-order valence-corrected chi connectivity index (χ2v) is 7.59. The first-order chi connectivity index (χ1) is 9.42. The molecule has 4 nitrogen and oxygen atoms in total. The molecule has 0 saturated carbocycles. The van der Waals surface area contributed by atoms with E-state index in [1.54, 1.807) is 16.4 Å². The lowest BCUT2D eigenvalue weighted by Crippen LogP contribution is -2.42. The van der Waals surface area contributed by atoms with Crippen LogP contribution in [0.1, 0.15) is 37.3 Å². The fourth-order valence-electron chi connectivity index (χ4n) is 2.65. The van der Waals surface area contributed by atoms with Gasteiger partial charge in [0.25, 0.3) is 0 Å². The number of piperidine rings is 1. The molecule has 1 aromatic carbocycles. The van der Waals surface area contributed by atoms with Crippen LogP contribution in [0.4, 0.5) is 0 Å². The van der Waals surface area contributed by atoms with E-state index in [0.717, 1.165) is 19.3 Å². The lowest BCUT2D eigenvalue weighted by molar-refractivity contribution is 0.268. The molecule has 0 aromatic heterocycles. The van der Waals surface area contributed by atoms with Crippen LogP contribution < -0.4 is 5.73 Å². The molecule has 2 rings (SSSR count). The number of sulfonamides is 1. The van der Waals surface area contributed by atoms with Gasteiger partial charge in [0, 0.05) is 18.2 Å². The van der Waals surface area contributed by atoms with Crippen LogP contribution in [-0.2, 0) is 15.8 Å². The first-order valence-electron chi connectivity index (χ1n) is 6.79. The average molecular weight is 312 g/mol. The molecule has 0 spiro atoms. The molecule has 1 unspecified atom stereocenters. The van der Waals surface area contributed by atoms with E-state index in [-0.39, 0.29) is 16.8 Å². The summed E-state index contributed by atoms with van der Waals surface area (Å²) in [6.07, 6.45) is 2.95. The van der Waals surface area contributed by atoms with E-state index in [2.05, 4.69) is 0 Å². The van der Waals surface area contributed by atoms with E-state index >= 15 is 0 Å². The van der Waals surface area contributed by atoms with Crippen molar-refractivity contribution in [3.05, 3.63) is 35.4 Å². The highest BCUT2D eigenvalue weighted by Gasteiger charge is 2.30. The van der Waals surface area contributed by atoms with Crippen molar-refractivity contribution < 1.29 is 8.42 Å². The molecule has 0 aliphatic carbocycles. The maximum atomic E-state index is 12.6. The fourth-order valence-corrected chi connectivity index (χ4v) is 4.72. The smallest absolute Gasteiger partial charge is 0.218 e. The van der Waals surface area contributed by atoms with Crippen LogP contribution in [0.2, 0.25) is 0 Å². The zero-order chi connectivity index (χ0) is 14.8. The van der Waals surface area contributed by atoms with Crippen LogP contribution in [-0.4, -0.2) is 30.3 Å². The number of rotatable bonds is 4. The minimum Gasteiger partial charge on any atom is -0.389 e. The Kier molecular flexibility index (Phi) is 4.78. The van der Waals surface area contributed by atoms with Crippen LogP contribution in [0, 0.1) is 0 Å². The van der Waals surface area contributed by atoms with E-state index in [0.29, 0.717) is 17.7 Å². The largest absolute Gasteiger partial charge is 0.389 e. The molecule has 1 heterocycles. The number of hydrogen-bond acceptors (Lipinski definition) is 3. The fraction of sp³-hybridized carbons (Fsp3) is 0.500. The van der Waals surface area contributed by atoms with Crippen LogP contribution in [0.5, 0.6) is 0 Å². The van der Waals surface area contributed by atoms with E-state index in [9.17, 15) is 8.42 Å². The number of hydrogen-bond donors (Lipinski definition) is 1. The zero-order valence-electron chi connectivity index (χ0n) is 11.6. The van der Waals surface area contributed by atoms with Crippen molar-refractivity contribution in [3.63, 3.8) is 0 Å². The minimum atomic E-state index is -3.32. The Balaban J connectivity index is 2.26. The van der Waals surface area contributed by atoms with Crippen molar-refractivity contribution in [1.29, 1.82) is 0 Å². The van der Waals surface area contributed by atoms with Gasteiger partial charge in [0.2, 0.25) is 10.0 Å². The van der Waals surface area contributed by atoms with Gasteiger partial charge < -0.3 is 5.73 Å². The molecule has 6 heteroatoms. The average Bonchev–Trinajstić information content (AvgIpc) is 2.39. The molecule has 2 N–H and O–H groups in total. The minimum absolute atomic E-state index is 0.0369. The molecular weight excluding hydrogens is 292 g/mol. The van der Waals surface area contributed by atoms with Crippen molar-refractivity contribution in [1.82, 2.24) is 4.31 Å². The summed E-state index contributed by atoms with van der Waals surface area (Å²) in [6, 6.07) is 7.25. The third-order valence-corrected chi connectivity index (χ3v) is 5.87. The van der Waals surface area contributed by atoms with Gasteiger partial charge in [-0.25, -0.2) is 8.42 Å². The Hall–Kier alpha value is -0.980. The van der Waals surface area contributed by atoms with Crippen molar-refractivity contribution in [2.75, 3.05) is 6.54 Å². The van der Waals surface area contributed by atoms with E-state index < -0.39 is 10.0 Å². The maximum absolute atomic E-state index is 12.6. The summed E-state index contributed by atoms with van der Waals surface area (Å²) in [7, 11) is -3.32. The lowest BCUT2D eigenvalue weighted by atomic mass is 10.1. The van der Waals surface area contributed by atoms with Gasteiger partial charge in [0.15, 0.2) is 0 Å². The molecule has 1 fully saturated rings. The molecule has 1 aliphatic rings. The summed E-state index contributed by atoms with van der Waals surface area (Å²) in [5, 5.41) is 0. The Morgan fingerprint density at radius 3 is 2.75 bits per heavy atom. The second kappa shape index (κ2) is 6.20. The van der Waals surface area contributed by atoms with Gasteiger partial charge in [-0.3, -0.25) is 0 Å². The molecular formula is C14H20N2O2S2. The molecule has 0 radical (unpaired) electrons. The predicted molar refractivity (Wildman–Crippen MR) is 85.0 cm³/mol. The van der Waals surface area contributed by atoms with Gasteiger partial charge in [-0.15, -0.1) is 0 Å². The van der Waals surface area contributed by atoms with Crippen LogP contribution in [0.3, 0.4) is 0 Å². The Morgan fingerprint density at radius 1 is 1.40 bits per heavy atom. The highest BCUT2D eigenvalue weighted by molar-refractivity contribution is 7.88. The lowest BCUT2D eigenvalue weighted by Gasteiger charge is -2.32. The summed E-state index contributed by atoms with van der Waals surface area (Å²) in [4.78, 5) is 0.238. The summed E-state index contributed by atoms with van der Waals surface area (Å²) >= 11 is 4.99. The maximum Gasteiger partial charge on any atom is 0.218 e. The number of benzene rings is 1. The van der Waals surface area contributed by atoms with Crippen LogP contribution in [0.15, 0.2) is 24.3 Å². The number of nitrogens with two attached hydrogens (primary N) is 1. The van der Waals surface area contributed by atoms with Gasteiger partial charge in [-0.2, -0.15) is 4.31 Å². The second-order valence-electron chi connectivity index (χ2n) is 5.23. The number of nitrogens with zero attached hydrogens (tertiary/aromatic N) is 1. The summed E-state index contributed by atoms with van der Waals surface area (Å²) in [5.41, 5.74) is 6.99. The van der Waals surface area contributed by atoms with E-state index in [1.165, 1.54) is 0 Å². The van der Waals surface area contributed by atoms with E-state index in [1.807, 2.05) is 19.1 Å². The van der Waals surface area contributed by atoms with Crippen molar-refractivity contribution in [3.8, 4) is 0 Å². The Labute approximate surface area is 126 Å². The van der Waals surface area contributed by atoms with Crippen LogP contribution in [0.25, 0.3) is 0 Å². The third-order valence-electron chi connectivity index (χ3n) is 3.72. The first kappa shape index (κ1) is 15.4. The van der Waals surface area contributed by atoms with Gasteiger partial charge >= 0.3 is 0 Å². The van der Waals surface area contributed by atoms with Crippen molar-refractivity contribution >= 4 is 27.2 Å². The third kappa shape index (κ3) is 3.37. The normalized spacial score (nSPS) is 20.8. The van der Waals surface area contributed by atoms with Crippen LogP contribution >= 0.6 is 12.2 Å². The molecule has 0 bridgehead atoms. The SMILES string of the molecule is CC1CCCCN1S(=O)(=O)Cc1ccccc1C(N)=S. The monoisotopic (exact) mass is 312 g/mol. The number of thiocarbonyl (C=S) groups is 1. The highest BCUT2D eigenvalue weighted by Crippen LogP contribution is 2.23. The van der Waals surface area contributed by atoms with Crippen molar-refractivity contribution in [2.45, 2.75) is 38.0 Å². The van der Waals surface area contributed by atoms with E-state index in [4.69, 9.17) is 18.0 Å². The molecule has 20 heavy (non-hydrogen) atoms. The molecule has 1 saturated heterocycles. The zero-order valence-corrected chi connectivity index (χ0v) is 13.2. The first-order valence-corrected chi connectivity index (χ1v) is 8.81. The van der Waals surface area contributed by atoms with Crippen molar-refractivity contribution in [2.24, 2.45) is 5.73 Å². The quantitative estimate of drug-likeness (QED) is 0.864. The predicted octanol–water partition coefficient (Wildman–Crippen LogP) is 2.02. The highest BCUT2D eigenvalue weighted by atomic mass is 32.2. The van der Waals surface area contributed by atoms with Gasteiger partial charge in [-0.1, -0.05) is 42.9 Å². The molecule has 1 atom stereocenters. The topological polar surface area (TPSA) is 63.4 Å². The molecule has 110 valence electrons. The molecule has 1 aliphatic heterocycles. The summed E-state index contributed by atoms with van der Waals surface area (Å²) in [6.45, 7) is 2.58. The van der Waals surface area contributed by atoms with Gasteiger partial charge in [0.1, 0.15) is 4.99 Å². The summed E-state index contributed by atoms with van der Waals surface area (Å²) in [5.74, 6) is -0.0369. The molecule has 0 amide bonds. The van der Waals surface area contributed by atoms with Gasteiger partial charge in [-0.05, 0) is 25.3 Å². The Morgan fingerprint density at radius 2 is 2.10 bits per heavy atom. The van der Waals surface area contributed by atoms with Gasteiger partial charge in [0.05, 0.1) is 5.75 Å². The standard InChI is InChI=1S/C14H20N2O2S2/c1-11-6-4-5-9-16(11)20(17,18)10-12-7-2-3-8-13(12)14(15)19/h2-3,7-8,11H,4-6,9-10H2,1H3,(H2,15,19).